The quantitative estimate of drug-likeness (QED) is 0.446. The smallest absolute Gasteiger partial charge is 0.150 e. The lowest BCUT2D eigenvalue weighted by Crippen LogP contribution is -2.47. The number of phenols is 2. The monoisotopic (exact) mass is 482 g/mol. The third kappa shape index (κ3) is 4.50. The molecule has 0 aliphatic carbocycles. The lowest BCUT2D eigenvalue weighted by atomic mass is 9.84. The molecule has 0 saturated carbocycles. The molecule has 3 aromatic rings. The van der Waals surface area contributed by atoms with Gasteiger partial charge in [-0.3, -0.25) is 4.90 Å². The largest absolute Gasteiger partial charge is 0.508 e. The normalized spacial score (nSPS) is 17.6. The van der Waals surface area contributed by atoms with E-state index in [1.807, 2.05) is 37.3 Å². The van der Waals surface area contributed by atoms with Gasteiger partial charge in [-0.25, -0.2) is 0 Å². The minimum atomic E-state index is -0.462. The number of nitrogens with zero attached hydrogens (tertiary/aromatic N) is 2. The first-order valence-electron chi connectivity index (χ1n) is 12.4. The van der Waals surface area contributed by atoms with Crippen LogP contribution in [-0.2, 0) is 0 Å². The van der Waals surface area contributed by atoms with Crippen LogP contribution in [0.4, 0.5) is 0 Å². The molecular weight excluding hydrogens is 452 g/mol. The van der Waals surface area contributed by atoms with Crippen LogP contribution in [0.1, 0.15) is 48.6 Å². The Bertz CT molecular complexity index is 1330. The van der Waals surface area contributed by atoms with Crippen molar-refractivity contribution in [2.75, 3.05) is 26.2 Å². The SMILES string of the molecule is CCC1CN(CCOc2ccc([C@H]3Oc4ccc(O)c(C#N)c4C(C)=C3c3cccc(O)c3)cc2)C1. The van der Waals surface area contributed by atoms with Crippen molar-refractivity contribution in [2.24, 2.45) is 5.92 Å². The van der Waals surface area contributed by atoms with Crippen molar-refractivity contribution in [3.05, 3.63) is 82.9 Å². The van der Waals surface area contributed by atoms with Gasteiger partial charge in [-0.2, -0.15) is 5.26 Å². The summed E-state index contributed by atoms with van der Waals surface area (Å²) in [5, 5.41) is 30.2. The Hall–Kier alpha value is -3.95. The molecule has 1 fully saturated rings. The van der Waals surface area contributed by atoms with E-state index in [4.69, 9.17) is 9.47 Å². The molecule has 2 heterocycles. The fourth-order valence-corrected chi connectivity index (χ4v) is 5.10. The summed E-state index contributed by atoms with van der Waals surface area (Å²) < 4.78 is 12.4. The molecule has 1 saturated heterocycles. The van der Waals surface area contributed by atoms with Crippen LogP contribution in [0.25, 0.3) is 11.1 Å². The lowest BCUT2D eigenvalue weighted by molar-refractivity contribution is 0.0806. The van der Waals surface area contributed by atoms with Crippen molar-refractivity contribution in [1.29, 1.82) is 5.26 Å². The van der Waals surface area contributed by atoms with Gasteiger partial charge in [0, 0.05) is 30.8 Å². The van der Waals surface area contributed by atoms with Gasteiger partial charge in [0.2, 0.25) is 0 Å². The van der Waals surface area contributed by atoms with Gasteiger partial charge in [0.1, 0.15) is 47.3 Å². The number of ether oxygens (including phenoxy) is 2. The summed E-state index contributed by atoms with van der Waals surface area (Å²) in [6.07, 6.45) is 0.779. The van der Waals surface area contributed by atoms with Crippen LogP contribution in [-0.4, -0.2) is 41.4 Å². The minimum absolute atomic E-state index is 0.0853. The predicted octanol–water partition coefficient (Wildman–Crippen LogP) is 5.75. The molecule has 0 amide bonds. The topological polar surface area (TPSA) is 86.0 Å². The highest BCUT2D eigenvalue weighted by Gasteiger charge is 2.32. The van der Waals surface area contributed by atoms with E-state index >= 15 is 0 Å². The molecule has 184 valence electrons. The molecule has 6 heteroatoms. The molecule has 0 unspecified atom stereocenters. The van der Waals surface area contributed by atoms with Gasteiger partial charge < -0.3 is 19.7 Å². The van der Waals surface area contributed by atoms with Crippen molar-refractivity contribution in [3.8, 4) is 29.1 Å². The molecule has 2 aliphatic heterocycles. The average molecular weight is 483 g/mol. The van der Waals surface area contributed by atoms with Crippen molar-refractivity contribution >= 4 is 11.1 Å². The molecule has 0 aromatic heterocycles. The molecule has 6 nitrogen and oxygen atoms in total. The van der Waals surface area contributed by atoms with Gasteiger partial charge in [0.05, 0.1) is 0 Å². The number of phenolic OH excluding ortho intramolecular Hbond substituents is 2. The summed E-state index contributed by atoms with van der Waals surface area (Å²) in [7, 11) is 0. The van der Waals surface area contributed by atoms with E-state index in [1.54, 1.807) is 24.3 Å². The van der Waals surface area contributed by atoms with Crippen LogP contribution < -0.4 is 9.47 Å². The zero-order valence-electron chi connectivity index (χ0n) is 20.6. The van der Waals surface area contributed by atoms with Gasteiger partial charge in [-0.1, -0.05) is 37.6 Å². The molecular formula is C30H30N2O4. The first-order valence-corrected chi connectivity index (χ1v) is 12.4. The Morgan fingerprint density at radius 2 is 1.86 bits per heavy atom. The number of hydrogen-bond acceptors (Lipinski definition) is 6. The average Bonchev–Trinajstić information content (AvgIpc) is 2.86. The highest BCUT2D eigenvalue weighted by molar-refractivity contribution is 5.97. The van der Waals surface area contributed by atoms with E-state index in [2.05, 4.69) is 17.9 Å². The third-order valence-corrected chi connectivity index (χ3v) is 7.17. The second-order valence-electron chi connectivity index (χ2n) is 9.48. The number of benzene rings is 3. The zero-order valence-corrected chi connectivity index (χ0v) is 20.6. The summed E-state index contributed by atoms with van der Waals surface area (Å²) in [5.41, 5.74) is 4.11. The molecule has 0 bridgehead atoms. The van der Waals surface area contributed by atoms with Gasteiger partial charge in [0.15, 0.2) is 0 Å². The van der Waals surface area contributed by atoms with E-state index in [0.29, 0.717) is 17.9 Å². The Kier molecular flexibility index (Phi) is 6.58. The first kappa shape index (κ1) is 23.8. The van der Waals surface area contributed by atoms with Crippen molar-refractivity contribution in [1.82, 2.24) is 4.90 Å². The van der Waals surface area contributed by atoms with Crippen LogP contribution in [0.15, 0.2) is 60.7 Å². The minimum Gasteiger partial charge on any atom is -0.508 e. The van der Waals surface area contributed by atoms with Gasteiger partial charge in [0.25, 0.3) is 0 Å². The van der Waals surface area contributed by atoms with Crippen LogP contribution in [0.2, 0.25) is 0 Å². The standard InChI is InChI=1S/C30H30N2O4/c1-3-20-17-32(18-20)13-14-35-24-9-7-21(8-10-24)30-28(22-5-4-6-23(33)15-22)19(2)29-25(16-31)26(34)11-12-27(29)36-30/h4-12,15,20,30,33-34H,3,13-14,17-18H2,1-2H3/t30-/m1/s1. The summed E-state index contributed by atoms with van der Waals surface area (Å²) in [6, 6.07) is 20.2. The molecule has 1 atom stereocenters. The van der Waals surface area contributed by atoms with Crippen LogP contribution in [0.5, 0.6) is 23.0 Å². The maximum absolute atomic E-state index is 10.3. The second kappa shape index (κ2) is 9.96. The second-order valence-corrected chi connectivity index (χ2v) is 9.48. The van der Waals surface area contributed by atoms with E-state index in [-0.39, 0.29) is 17.1 Å². The molecule has 2 aliphatic rings. The van der Waals surface area contributed by atoms with E-state index in [9.17, 15) is 15.5 Å². The van der Waals surface area contributed by atoms with E-state index in [1.165, 1.54) is 12.5 Å². The number of fused-ring (bicyclic) bond motifs is 1. The van der Waals surface area contributed by atoms with Gasteiger partial charge >= 0.3 is 0 Å². The van der Waals surface area contributed by atoms with Crippen LogP contribution in [0, 0.1) is 17.2 Å². The number of allylic oxidation sites excluding steroid dienone is 1. The third-order valence-electron chi connectivity index (χ3n) is 7.17. The van der Waals surface area contributed by atoms with Crippen molar-refractivity contribution < 1.29 is 19.7 Å². The lowest BCUT2D eigenvalue weighted by Gasteiger charge is -2.38. The molecule has 2 N–H and O–H groups in total. The van der Waals surface area contributed by atoms with E-state index < -0.39 is 6.10 Å². The van der Waals surface area contributed by atoms with Crippen molar-refractivity contribution in [2.45, 2.75) is 26.4 Å². The Balaban J connectivity index is 1.43. The Morgan fingerprint density at radius 3 is 2.56 bits per heavy atom. The van der Waals surface area contributed by atoms with Crippen LogP contribution in [0.3, 0.4) is 0 Å². The number of rotatable bonds is 7. The molecule has 36 heavy (non-hydrogen) atoms. The maximum atomic E-state index is 10.3. The summed E-state index contributed by atoms with van der Waals surface area (Å²) in [5.74, 6) is 2.23. The highest BCUT2D eigenvalue weighted by Crippen LogP contribution is 2.49. The molecule has 5 rings (SSSR count). The predicted molar refractivity (Wildman–Crippen MR) is 139 cm³/mol. The number of nitriles is 1. The molecule has 3 aromatic carbocycles. The maximum Gasteiger partial charge on any atom is 0.150 e. The first-order chi connectivity index (χ1) is 17.5. The van der Waals surface area contributed by atoms with Gasteiger partial charge in [-0.15, -0.1) is 0 Å². The van der Waals surface area contributed by atoms with E-state index in [0.717, 1.165) is 53.6 Å². The fraction of sp³-hybridized carbons (Fsp3) is 0.300. The van der Waals surface area contributed by atoms with Gasteiger partial charge in [-0.05, 0) is 65.9 Å². The fourth-order valence-electron chi connectivity index (χ4n) is 5.10. The highest BCUT2D eigenvalue weighted by atomic mass is 16.5. The molecule has 0 spiro atoms. The summed E-state index contributed by atoms with van der Waals surface area (Å²) in [6.45, 7) is 8.06. The number of likely N-dealkylation sites (tertiary alicyclic amines) is 1. The Morgan fingerprint density at radius 1 is 1.08 bits per heavy atom. The summed E-state index contributed by atoms with van der Waals surface area (Å²) >= 11 is 0. The number of hydrogen-bond donors (Lipinski definition) is 2. The number of aromatic hydroxyl groups is 2. The molecule has 0 radical (unpaired) electrons. The van der Waals surface area contributed by atoms with Crippen molar-refractivity contribution in [3.63, 3.8) is 0 Å². The Labute approximate surface area is 211 Å². The summed E-state index contributed by atoms with van der Waals surface area (Å²) in [4.78, 5) is 2.41. The van der Waals surface area contributed by atoms with Crippen LogP contribution >= 0.6 is 0 Å². The zero-order chi connectivity index (χ0) is 25.2.